The van der Waals surface area contributed by atoms with Gasteiger partial charge in [0.1, 0.15) is 23.1 Å². The molecule has 0 unspecified atom stereocenters. The molecule has 0 radical (unpaired) electrons. The van der Waals surface area contributed by atoms with E-state index in [4.69, 9.17) is 14.2 Å². The Bertz CT molecular complexity index is 1020. The number of Topliss-reactive ketones (excluding diaryl/α,β-unsaturated/α-hetero) is 1. The number of carbonyl (C=O) groups excluding carboxylic acids is 2. The van der Waals surface area contributed by atoms with Gasteiger partial charge in [-0.25, -0.2) is 9.78 Å². The molecule has 3 rings (SSSR count). The van der Waals surface area contributed by atoms with Gasteiger partial charge in [0.05, 0.1) is 11.6 Å². The summed E-state index contributed by atoms with van der Waals surface area (Å²) in [5, 5.41) is 2.23. The molecule has 2 aromatic carbocycles. The summed E-state index contributed by atoms with van der Waals surface area (Å²) < 4.78 is 16.5. The number of halogens is 1. The maximum Gasteiger partial charge on any atom is 0.358 e. The molecule has 8 heteroatoms. The van der Waals surface area contributed by atoms with E-state index in [1.165, 1.54) is 18.4 Å². The lowest BCUT2D eigenvalue weighted by molar-refractivity contribution is 0.0469. The van der Waals surface area contributed by atoms with Gasteiger partial charge in [0.2, 0.25) is 0 Å². The minimum Gasteiger partial charge on any atom is -0.496 e. The van der Waals surface area contributed by atoms with Crippen LogP contribution in [-0.2, 0) is 11.3 Å². The number of thiazole rings is 1. The van der Waals surface area contributed by atoms with E-state index in [2.05, 4.69) is 20.9 Å². The van der Waals surface area contributed by atoms with Crippen molar-refractivity contribution in [1.82, 2.24) is 4.98 Å². The van der Waals surface area contributed by atoms with Crippen LogP contribution < -0.4 is 9.47 Å². The first-order valence-corrected chi connectivity index (χ1v) is 10.3. The molecule has 3 aromatic rings. The Morgan fingerprint density at radius 3 is 2.59 bits per heavy atom. The predicted octanol–water partition coefficient (Wildman–Crippen LogP) is 4.84. The number of benzene rings is 2. The van der Waals surface area contributed by atoms with Crippen molar-refractivity contribution in [3.8, 4) is 11.5 Å². The molecule has 0 bridgehead atoms. The summed E-state index contributed by atoms with van der Waals surface area (Å²) >= 11 is 4.62. The molecular formula is C21H18BrNO5S. The molecule has 0 saturated carbocycles. The van der Waals surface area contributed by atoms with Crippen LogP contribution in [0.4, 0.5) is 0 Å². The lowest BCUT2D eigenvalue weighted by Gasteiger charge is -2.06. The van der Waals surface area contributed by atoms with Crippen LogP contribution in [0, 0.1) is 6.92 Å². The molecule has 0 amide bonds. The summed E-state index contributed by atoms with van der Waals surface area (Å²) in [6, 6.07) is 12.6. The van der Waals surface area contributed by atoms with Crippen molar-refractivity contribution >= 4 is 39.0 Å². The number of hydrogen-bond donors (Lipinski definition) is 0. The number of ketones is 1. The normalized spacial score (nSPS) is 10.4. The quantitative estimate of drug-likeness (QED) is 0.342. The van der Waals surface area contributed by atoms with E-state index in [0.29, 0.717) is 20.8 Å². The highest BCUT2D eigenvalue weighted by atomic mass is 79.9. The Balaban J connectivity index is 1.52. The number of esters is 1. The molecule has 0 aliphatic rings. The Morgan fingerprint density at radius 1 is 1.14 bits per heavy atom. The summed E-state index contributed by atoms with van der Waals surface area (Å²) in [6.07, 6.45) is 0. The zero-order valence-corrected chi connectivity index (χ0v) is 18.2. The molecule has 0 aliphatic carbocycles. The maximum atomic E-state index is 12.2. The summed E-state index contributed by atoms with van der Waals surface area (Å²) in [5.74, 6) is 0.371. The summed E-state index contributed by atoms with van der Waals surface area (Å²) in [4.78, 5) is 28.6. The SMILES string of the molecule is COc1ccc(C(=O)COC(=O)c2csc(COc3ccc(C)cc3)n2)cc1Br. The third kappa shape index (κ3) is 5.65. The first kappa shape index (κ1) is 21.0. The second kappa shape index (κ2) is 9.67. The third-order valence-corrected chi connectivity index (χ3v) is 5.39. The minimum atomic E-state index is -0.649. The Labute approximate surface area is 180 Å². The third-order valence-electron chi connectivity index (χ3n) is 3.95. The second-order valence-electron chi connectivity index (χ2n) is 6.08. The van der Waals surface area contributed by atoms with Gasteiger partial charge < -0.3 is 14.2 Å². The highest BCUT2D eigenvalue weighted by molar-refractivity contribution is 9.10. The Morgan fingerprint density at radius 2 is 1.90 bits per heavy atom. The van der Waals surface area contributed by atoms with Gasteiger partial charge in [0.25, 0.3) is 0 Å². The molecule has 29 heavy (non-hydrogen) atoms. The fraction of sp³-hybridized carbons (Fsp3) is 0.190. The average molecular weight is 476 g/mol. The van der Waals surface area contributed by atoms with Crippen molar-refractivity contribution in [3.63, 3.8) is 0 Å². The number of ether oxygens (including phenoxy) is 3. The maximum absolute atomic E-state index is 12.2. The number of carbonyl (C=O) groups is 2. The summed E-state index contributed by atoms with van der Waals surface area (Å²) in [6.45, 7) is 1.88. The van der Waals surface area contributed by atoms with Crippen molar-refractivity contribution in [2.24, 2.45) is 0 Å². The van der Waals surface area contributed by atoms with Crippen molar-refractivity contribution in [3.05, 3.63) is 74.1 Å². The fourth-order valence-electron chi connectivity index (χ4n) is 2.38. The van der Waals surface area contributed by atoms with Gasteiger partial charge in [-0.15, -0.1) is 11.3 Å². The highest BCUT2D eigenvalue weighted by Gasteiger charge is 2.16. The first-order valence-electron chi connectivity index (χ1n) is 8.64. The number of rotatable bonds is 8. The molecule has 0 spiro atoms. The lowest BCUT2D eigenvalue weighted by Crippen LogP contribution is -2.14. The van der Waals surface area contributed by atoms with Crippen molar-refractivity contribution in [2.45, 2.75) is 13.5 Å². The van der Waals surface area contributed by atoms with Gasteiger partial charge in [-0.1, -0.05) is 17.7 Å². The highest BCUT2D eigenvalue weighted by Crippen LogP contribution is 2.25. The minimum absolute atomic E-state index is 0.154. The summed E-state index contributed by atoms with van der Waals surface area (Å²) in [7, 11) is 1.54. The predicted molar refractivity (Wildman–Crippen MR) is 113 cm³/mol. The first-order chi connectivity index (χ1) is 14.0. The van der Waals surface area contributed by atoms with Gasteiger partial charge >= 0.3 is 5.97 Å². The van der Waals surface area contributed by atoms with Crippen LogP contribution in [0.25, 0.3) is 0 Å². The molecular weight excluding hydrogens is 458 g/mol. The van der Waals surface area contributed by atoms with E-state index in [-0.39, 0.29) is 24.7 Å². The van der Waals surface area contributed by atoms with E-state index in [9.17, 15) is 9.59 Å². The van der Waals surface area contributed by atoms with Crippen LogP contribution in [0.3, 0.4) is 0 Å². The molecule has 150 valence electrons. The van der Waals surface area contributed by atoms with Gasteiger partial charge in [-0.05, 0) is 53.2 Å². The Hall–Kier alpha value is -2.71. The van der Waals surface area contributed by atoms with Gasteiger partial charge in [-0.2, -0.15) is 0 Å². The van der Waals surface area contributed by atoms with Gasteiger partial charge in [0.15, 0.2) is 18.1 Å². The molecule has 0 N–H and O–H groups in total. The molecule has 6 nitrogen and oxygen atoms in total. The van der Waals surface area contributed by atoms with Crippen LogP contribution in [0.15, 0.2) is 52.3 Å². The number of nitrogens with zero attached hydrogens (tertiary/aromatic N) is 1. The van der Waals surface area contributed by atoms with Crippen LogP contribution in [0.1, 0.15) is 31.4 Å². The van der Waals surface area contributed by atoms with E-state index in [1.54, 1.807) is 23.6 Å². The molecule has 0 fully saturated rings. The average Bonchev–Trinajstić information content (AvgIpc) is 3.20. The van der Waals surface area contributed by atoms with E-state index >= 15 is 0 Å². The van der Waals surface area contributed by atoms with Crippen molar-refractivity contribution < 1.29 is 23.8 Å². The smallest absolute Gasteiger partial charge is 0.358 e. The van der Waals surface area contributed by atoms with E-state index < -0.39 is 5.97 Å². The summed E-state index contributed by atoms with van der Waals surface area (Å²) in [5.41, 5.74) is 1.71. The Kier molecular flexibility index (Phi) is 7.00. The standard InChI is InChI=1S/C21H18BrNO5S/c1-13-3-6-15(7-4-13)27-11-20-23-17(12-29-20)21(25)28-10-18(24)14-5-8-19(26-2)16(22)9-14/h3-9,12H,10-11H2,1-2H3. The number of hydrogen-bond acceptors (Lipinski definition) is 7. The van der Waals surface area contributed by atoms with E-state index in [0.717, 1.165) is 11.3 Å². The number of aromatic nitrogens is 1. The van der Waals surface area contributed by atoms with Crippen LogP contribution in [0.2, 0.25) is 0 Å². The van der Waals surface area contributed by atoms with Gasteiger partial charge in [0, 0.05) is 10.9 Å². The molecule has 0 aliphatic heterocycles. The monoisotopic (exact) mass is 475 g/mol. The van der Waals surface area contributed by atoms with Crippen LogP contribution in [0.5, 0.6) is 11.5 Å². The zero-order chi connectivity index (χ0) is 20.8. The van der Waals surface area contributed by atoms with Crippen LogP contribution in [-0.4, -0.2) is 30.5 Å². The zero-order valence-electron chi connectivity index (χ0n) is 15.8. The van der Waals surface area contributed by atoms with Gasteiger partial charge in [-0.3, -0.25) is 4.79 Å². The number of aryl methyl sites for hydroxylation is 1. The van der Waals surface area contributed by atoms with E-state index in [1.807, 2.05) is 31.2 Å². The molecule has 0 atom stereocenters. The number of methoxy groups -OCH3 is 1. The van der Waals surface area contributed by atoms with Crippen molar-refractivity contribution in [1.29, 1.82) is 0 Å². The molecule has 1 aromatic heterocycles. The molecule has 0 saturated heterocycles. The van der Waals surface area contributed by atoms with Crippen molar-refractivity contribution in [2.75, 3.05) is 13.7 Å². The van der Waals surface area contributed by atoms with Crippen LogP contribution >= 0.6 is 27.3 Å². The lowest BCUT2D eigenvalue weighted by atomic mass is 10.1. The fourth-order valence-corrected chi connectivity index (χ4v) is 3.59. The largest absolute Gasteiger partial charge is 0.496 e. The second-order valence-corrected chi connectivity index (χ2v) is 7.87. The molecule has 1 heterocycles. The topological polar surface area (TPSA) is 74.7 Å².